The molecule has 0 atom stereocenters. The second-order valence-corrected chi connectivity index (χ2v) is 4.61. The van der Waals surface area contributed by atoms with Gasteiger partial charge in [0.1, 0.15) is 5.82 Å². The van der Waals surface area contributed by atoms with Gasteiger partial charge in [-0.1, -0.05) is 12.1 Å². The molecule has 2 nitrogen and oxygen atoms in total. The third kappa shape index (κ3) is 3.23. The molecule has 1 aromatic rings. The van der Waals surface area contributed by atoms with E-state index in [1.54, 1.807) is 12.1 Å². The van der Waals surface area contributed by atoms with Crippen LogP contribution in [-0.2, 0) is 0 Å². The maximum absolute atomic E-state index is 13.4. The van der Waals surface area contributed by atoms with Gasteiger partial charge in [-0.2, -0.15) is 0 Å². The molecule has 15 heavy (non-hydrogen) atoms. The highest BCUT2D eigenvalue weighted by Gasteiger charge is 2.15. The predicted octanol–water partition coefficient (Wildman–Crippen LogP) is 2.11. The molecule has 0 heterocycles. The van der Waals surface area contributed by atoms with Crippen molar-refractivity contribution >= 4 is 16.9 Å². The zero-order valence-corrected chi connectivity index (χ0v) is 10.3. The van der Waals surface area contributed by atoms with Crippen LogP contribution in [0, 0.1) is 5.82 Å². The summed E-state index contributed by atoms with van der Waals surface area (Å²) in [6.45, 7) is 0. The largest absolute Gasteiger partial charge is 0.312 e. The van der Waals surface area contributed by atoms with E-state index < -0.39 is 0 Å². The highest BCUT2D eigenvalue weighted by Crippen LogP contribution is 2.22. The van der Waals surface area contributed by atoms with Crippen LogP contribution in [0.15, 0.2) is 29.2 Å². The van der Waals surface area contributed by atoms with Crippen molar-refractivity contribution in [1.82, 2.24) is 4.90 Å². The van der Waals surface area contributed by atoms with E-state index in [-0.39, 0.29) is 5.82 Å². The smallest absolute Gasteiger partial charge is 0.261 e. The highest BCUT2D eigenvalue weighted by molar-refractivity contribution is 8.13. The summed E-state index contributed by atoms with van der Waals surface area (Å²) in [4.78, 5) is 2.62. The normalized spacial score (nSPS) is 9.93. The molecule has 82 valence electrons. The van der Waals surface area contributed by atoms with E-state index >= 15 is 0 Å². The number of benzene rings is 1. The first kappa shape index (κ1) is 12.0. The molecule has 0 bridgehead atoms. The molecule has 0 saturated carbocycles. The van der Waals surface area contributed by atoms with Gasteiger partial charge in [0.2, 0.25) is 0 Å². The van der Waals surface area contributed by atoms with Gasteiger partial charge in [0.05, 0.1) is 33.1 Å². The van der Waals surface area contributed by atoms with Crippen molar-refractivity contribution in [3.05, 3.63) is 30.1 Å². The maximum Gasteiger partial charge on any atom is 0.312 e. The standard InChI is InChI=1S/C11H16FN2S/c1-13(2)11(14(3)4)15-10-8-6-5-7-9(10)12/h5-8H,1-4H3/q+1. The summed E-state index contributed by atoms with van der Waals surface area (Å²) in [6.07, 6.45) is 0. The fraction of sp³-hybridized carbons (Fsp3) is 0.364. The molecule has 1 rings (SSSR count). The van der Waals surface area contributed by atoms with E-state index in [2.05, 4.69) is 0 Å². The van der Waals surface area contributed by atoms with Gasteiger partial charge >= 0.3 is 5.17 Å². The summed E-state index contributed by atoms with van der Waals surface area (Å²) in [5.74, 6) is -0.177. The van der Waals surface area contributed by atoms with Gasteiger partial charge in [-0.15, -0.1) is 0 Å². The first-order valence-corrected chi connectivity index (χ1v) is 5.48. The van der Waals surface area contributed by atoms with Crippen LogP contribution in [0.5, 0.6) is 0 Å². The third-order valence-electron chi connectivity index (χ3n) is 1.80. The average Bonchev–Trinajstić information content (AvgIpc) is 2.15. The number of thioether (sulfide) groups is 1. The summed E-state index contributed by atoms with van der Waals surface area (Å²) < 4.78 is 15.4. The van der Waals surface area contributed by atoms with Crippen molar-refractivity contribution in [2.75, 3.05) is 28.2 Å². The van der Waals surface area contributed by atoms with Gasteiger partial charge in [0.25, 0.3) is 0 Å². The second-order valence-electron chi connectivity index (χ2n) is 3.60. The molecule has 0 radical (unpaired) electrons. The maximum atomic E-state index is 13.4. The van der Waals surface area contributed by atoms with Gasteiger partial charge < -0.3 is 0 Å². The van der Waals surface area contributed by atoms with Crippen molar-refractivity contribution in [3.63, 3.8) is 0 Å². The lowest BCUT2D eigenvalue weighted by atomic mass is 10.3. The van der Waals surface area contributed by atoms with Crippen molar-refractivity contribution in [1.29, 1.82) is 0 Å². The lowest BCUT2D eigenvalue weighted by molar-refractivity contribution is -0.466. The molecule has 0 aliphatic rings. The molecule has 0 spiro atoms. The molecule has 1 aromatic carbocycles. The van der Waals surface area contributed by atoms with E-state index in [1.165, 1.54) is 17.8 Å². The second kappa shape index (κ2) is 5.16. The number of amidine groups is 1. The molecule has 0 aromatic heterocycles. The average molecular weight is 227 g/mol. The zero-order chi connectivity index (χ0) is 11.4. The molecule has 0 saturated heterocycles. The minimum absolute atomic E-state index is 0.177. The number of nitrogens with zero attached hydrogens (tertiary/aromatic N) is 2. The first-order valence-electron chi connectivity index (χ1n) is 4.66. The Morgan fingerprint density at radius 1 is 1.27 bits per heavy atom. The number of hydrogen-bond donors (Lipinski definition) is 0. The SMILES string of the molecule is CN(C)C(Sc1ccccc1F)=[N+](C)C. The van der Waals surface area contributed by atoms with Crippen LogP contribution in [0.3, 0.4) is 0 Å². The number of hydrogen-bond acceptors (Lipinski definition) is 1. The Morgan fingerprint density at radius 3 is 2.33 bits per heavy atom. The van der Waals surface area contributed by atoms with Crippen molar-refractivity contribution in [2.45, 2.75) is 4.90 Å². The lowest BCUT2D eigenvalue weighted by Crippen LogP contribution is -2.26. The van der Waals surface area contributed by atoms with E-state index in [9.17, 15) is 4.39 Å². The van der Waals surface area contributed by atoms with E-state index in [4.69, 9.17) is 0 Å². The van der Waals surface area contributed by atoms with Crippen LogP contribution in [-0.4, -0.2) is 42.8 Å². The van der Waals surface area contributed by atoms with Crippen molar-refractivity contribution in [2.24, 2.45) is 0 Å². The Labute approximate surface area is 94.4 Å². The van der Waals surface area contributed by atoms with Crippen LogP contribution < -0.4 is 0 Å². The Bertz CT molecular complexity index is 371. The number of rotatable bonds is 1. The minimum atomic E-state index is -0.177. The summed E-state index contributed by atoms with van der Waals surface area (Å²) >= 11 is 1.43. The van der Waals surface area contributed by atoms with E-state index in [0.29, 0.717) is 4.90 Å². The predicted molar refractivity (Wildman–Crippen MR) is 63.1 cm³/mol. The molecular formula is C11H16FN2S+. The van der Waals surface area contributed by atoms with Crippen LogP contribution in [0.4, 0.5) is 4.39 Å². The summed E-state index contributed by atoms with van der Waals surface area (Å²) in [5.41, 5.74) is 0. The lowest BCUT2D eigenvalue weighted by Gasteiger charge is -2.10. The molecule has 0 unspecified atom stereocenters. The summed E-state index contributed by atoms with van der Waals surface area (Å²) in [7, 11) is 7.79. The monoisotopic (exact) mass is 227 g/mol. The number of halogens is 1. The summed E-state index contributed by atoms with van der Waals surface area (Å²) in [5, 5.41) is 1.00. The van der Waals surface area contributed by atoms with E-state index in [1.807, 2.05) is 43.7 Å². The topological polar surface area (TPSA) is 6.25 Å². The highest BCUT2D eigenvalue weighted by atomic mass is 32.2. The van der Waals surface area contributed by atoms with E-state index in [0.717, 1.165) is 5.17 Å². The zero-order valence-electron chi connectivity index (χ0n) is 9.49. The van der Waals surface area contributed by atoms with Gasteiger partial charge in [0, 0.05) is 11.8 Å². The fourth-order valence-corrected chi connectivity index (χ4v) is 2.08. The van der Waals surface area contributed by atoms with Crippen LogP contribution in [0.2, 0.25) is 0 Å². The first-order chi connectivity index (χ1) is 7.02. The third-order valence-corrected chi connectivity index (χ3v) is 3.27. The van der Waals surface area contributed by atoms with Gasteiger partial charge in [-0.05, 0) is 12.1 Å². The van der Waals surface area contributed by atoms with Crippen LogP contribution in [0.25, 0.3) is 0 Å². The molecule has 0 fully saturated rings. The molecule has 0 N–H and O–H groups in total. The minimum Gasteiger partial charge on any atom is -0.261 e. The van der Waals surface area contributed by atoms with Crippen LogP contribution >= 0.6 is 11.8 Å². The van der Waals surface area contributed by atoms with Gasteiger partial charge in [-0.25, -0.2) is 4.39 Å². The molecule has 0 aliphatic heterocycles. The molecule has 4 heteroatoms. The Hall–Kier alpha value is -1.03. The Balaban J connectivity index is 2.95. The van der Waals surface area contributed by atoms with Crippen molar-refractivity contribution in [3.8, 4) is 0 Å². The van der Waals surface area contributed by atoms with Crippen molar-refractivity contribution < 1.29 is 8.97 Å². The summed E-state index contributed by atoms with van der Waals surface area (Å²) in [6, 6.07) is 6.80. The molecule has 0 aliphatic carbocycles. The quantitative estimate of drug-likeness (QED) is 0.314. The fourth-order valence-electron chi connectivity index (χ4n) is 1.21. The Kier molecular flexibility index (Phi) is 4.15. The van der Waals surface area contributed by atoms with Gasteiger partial charge in [0.15, 0.2) is 0 Å². The van der Waals surface area contributed by atoms with Crippen LogP contribution in [0.1, 0.15) is 0 Å². The molecule has 0 amide bonds. The Morgan fingerprint density at radius 2 is 1.87 bits per heavy atom. The van der Waals surface area contributed by atoms with Gasteiger partial charge in [-0.3, -0.25) is 9.48 Å². The molecular weight excluding hydrogens is 211 g/mol.